The molecule has 1 unspecified atom stereocenters. The van der Waals surface area contributed by atoms with E-state index in [1.807, 2.05) is 19.9 Å². The molecule has 3 rings (SSSR count). The third-order valence-electron chi connectivity index (χ3n) is 3.88. The van der Waals surface area contributed by atoms with Gasteiger partial charge >= 0.3 is 0 Å². The SMILES string of the molecule is Cn1cnc(S(=O)(=O)NC(=O)C2CC(C)(C)Oc3ccccc32)c1. The Morgan fingerprint density at radius 3 is 2.75 bits per heavy atom. The van der Waals surface area contributed by atoms with Gasteiger partial charge in [-0.05, 0) is 19.9 Å². The lowest BCUT2D eigenvalue weighted by molar-refractivity contribution is -0.122. The number of nitrogens with zero attached hydrogens (tertiary/aromatic N) is 2. The van der Waals surface area contributed by atoms with Crippen LogP contribution in [0.5, 0.6) is 5.75 Å². The maximum absolute atomic E-state index is 12.7. The second kappa shape index (κ2) is 5.62. The summed E-state index contributed by atoms with van der Waals surface area (Å²) in [6.07, 6.45) is 3.09. The molecule has 0 aliphatic carbocycles. The van der Waals surface area contributed by atoms with Crippen LogP contribution in [-0.4, -0.2) is 29.5 Å². The monoisotopic (exact) mass is 349 g/mol. The first-order valence-corrected chi connectivity index (χ1v) is 8.99. The molecule has 1 aromatic carbocycles. The molecule has 1 atom stereocenters. The number of rotatable bonds is 3. The lowest BCUT2D eigenvalue weighted by Gasteiger charge is -2.36. The average molecular weight is 349 g/mol. The third-order valence-corrected chi connectivity index (χ3v) is 5.12. The van der Waals surface area contributed by atoms with Crippen LogP contribution in [0.4, 0.5) is 0 Å². The van der Waals surface area contributed by atoms with E-state index in [9.17, 15) is 13.2 Å². The number of imidazole rings is 1. The van der Waals surface area contributed by atoms with Crippen molar-refractivity contribution in [2.24, 2.45) is 7.05 Å². The second-order valence-electron chi connectivity index (χ2n) is 6.50. The topological polar surface area (TPSA) is 90.3 Å². The van der Waals surface area contributed by atoms with Gasteiger partial charge in [0.15, 0.2) is 5.03 Å². The van der Waals surface area contributed by atoms with Gasteiger partial charge in [0, 0.05) is 25.2 Å². The van der Waals surface area contributed by atoms with Crippen LogP contribution in [0.1, 0.15) is 31.7 Å². The zero-order chi connectivity index (χ0) is 17.5. The highest BCUT2D eigenvalue weighted by Crippen LogP contribution is 2.40. The van der Waals surface area contributed by atoms with Crippen LogP contribution >= 0.6 is 0 Å². The zero-order valence-corrected chi connectivity index (χ0v) is 14.5. The van der Waals surface area contributed by atoms with Crippen molar-refractivity contribution < 1.29 is 17.9 Å². The molecule has 1 aliphatic rings. The molecule has 0 spiro atoms. The van der Waals surface area contributed by atoms with E-state index in [1.54, 1.807) is 25.2 Å². The summed E-state index contributed by atoms with van der Waals surface area (Å²) >= 11 is 0. The first-order valence-electron chi connectivity index (χ1n) is 7.50. The molecule has 1 N–H and O–H groups in total. The Hall–Kier alpha value is -2.35. The van der Waals surface area contributed by atoms with Gasteiger partial charge in [-0.1, -0.05) is 18.2 Å². The summed E-state index contributed by atoms with van der Waals surface area (Å²) < 4.78 is 34.2. The molecule has 0 radical (unpaired) electrons. The summed E-state index contributed by atoms with van der Waals surface area (Å²) in [4.78, 5) is 16.5. The number of ether oxygens (including phenoxy) is 1. The Balaban J connectivity index is 1.90. The lowest BCUT2D eigenvalue weighted by Crippen LogP contribution is -2.42. The minimum Gasteiger partial charge on any atom is -0.488 e. The molecule has 24 heavy (non-hydrogen) atoms. The number of amides is 1. The number of carbonyl (C=O) groups is 1. The smallest absolute Gasteiger partial charge is 0.283 e. The normalized spacial score (nSPS) is 19.2. The Morgan fingerprint density at radius 2 is 2.08 bits per heavy atom. The molecule has 8 heteroatoms. The van der Waals surface area contributed by atoms with Gasteiger partial charge in [0.25, 0.3) is 10.0 Å². The van der Waals surface area contributed by atoms with E-state index in [4.69, 9.17) is 4.74 Å². The molecule has 0 fully saturated rings. The van der Waals surface area contributed by atoms with E-state index in [1.165, 1.54) is 17.1 Å². The lowest BCUT2D eigenvalue weighted by atomic mass is 9.84. The van der Waals surface area contributed by atoms with Gasteiger partial charge in [0.05, 0.1) is 12.2 Å². The van der Waals surface area contributed by atoms with Crippen molar-refractivity contribution in [2.75, 3.05) is 0 Å². The van der Waals surface area contributed by atoms with E-state index < -0.39 is 27.4 Å². The summed E-state index contributed by atoms with van der Waals surface area (Å²) in [7, 11) is -2.34. The molecule has 2 heterocycles. The van der Waals surface area contributed by atoms with Crippen molar-refractivity contribution in [1.82, 2.24) is 14.3 Å². The Labute approximate surface area is 140 Å². The van der Waals surface area contributed by atoms with E-state index in [0.29, 0.717) is 17.7 Å². The van der Waals surface area contributed by atoms with Crippen LogP contribution in [0.2, 0.25) is 0 Å². The van der Waals surface area contributed by atoms with Crippen LogP contribution in [-0.2, 0) is 21.9 Å². The molecule has 0 saturated carbocycles. The number of benzene rings is 1. The van der Waals surface area contributed by atoms with Crippen LogP contribution in [0.15, 0.2) is 41.8 Å². The summed E-state index contributed by atoms with van der Waals surface area (Å²) in [5.74, 6) is -0.586. The fourth-order valence-electron chi connectivity index (χ4n) is 2.82. The molecule has 2 aromatic rings. The van der Waals surface area contributed by atoms with Crippen LogP contribution in [0.3, 0.4) is 0 Å². The predicted molar refractivity (Wildman–Crippen MR) is 87.0 cm³/mol. The summed E-state index contributed by atoms with van der Waals surface area (Å²) in [6.45, 7) is 3.74. The standard InChI is InChI=1S/C16H19N3O4S/c1-16(2)8-12(11-6-4-5-7-13(11)23-16)15(20)18-24(21,22)14-9-19(3)10-17-14/h4-7,9-10,12H,8H2,1-3H3,(H,18,20). The van der Waals surface area contributed by atoms with Crippen molar-refractivity contribution >= 4 is 15.9 Å². The third kappa shape index (κ3) is 3.14. The van der Waals surface area contributed by atoms with Gasteiger partial charge in [0.1, 0.15) is 11.4 Å². The van der Waals surface area contributed by atoms with E-state index in [2.05, 4.69) is 9.71 Å². The number of aromatic nitrogens is 2. The second-order valence-corrected chi connectivity index (χ2v) is 8.13. The fourth-order valence-corrected chi connectivity index (χ4v) is 3.82. The van der Waals surface area contributed by atoms with Crippen molar-refractivity contribution in [1.29, 1.82) is 0 Å². The van der Waals surface area contributed by atoms with Crippen LogP contribution in [0, 0.1) is 0 Å². The first kappa shape index (κ1) is 16.5. The number of carbonyl (C=O) groups excluding carboxylic acids is 1. The van der Waals surface area contributed by atoms with Gasteiger partial charge < -0.3 is 9.30 Å². The highest BCUT2D eigenvalue weighted by molar-refractivity contribution is 7.90. The van der Waals surface area contributed by atoms with Crippen molar-refractivity contribution in [3.8, 4) is 5.75 Å². The molecular formula is C16H19N3O4S. The fraction of sp³-hybridized carbons (Fsp3) is 0.375. The van der Waals surface area contributed by atoms with Crippen molar-refractivity contribution in [3.63, 3.8) is 0 Å². The van der Waals surface area contributed by atoms with Gasteiger partial charge in [-0.3, -0.25) is 4.79 Å². The molecule has 1 aromatic heterocycles. The summed E-state index contributed by atoms with van der Waals surface area (Å²) in [6, 6.07) is 7.18. The van der Waals surface area contributed by atoms with Crippen LogP contribution in [0.25, 0.3) is 0 Å². The molecular weight excluding hydrogens is 330 g/mol. The molecule has 0 saturated heterocycles. The molecule has 1 amide bonds. The van der Waals surface area contributed by atoms with Gasteiger partial charge in [-0.2, -0.15) is 8.42 Å². The Kier molecular flexibility index (Phi) is 3.87. The molecule has 128 valence electrons. The predicted octanol–water partition coefficient (Wildman–Crippen LogP) is 1.57. The largest absolute Gasteiger partial charge is 0.488 e. The van der Waals surface area contributed by atoms with E-state index >= 15 is 0 Å². The summed E-state index contributed by atoms with van der Waals surface area (Å²) in [5, 5.41) is -0.182. The highest BCUT2D eigenvalue weighted by atomic mass is 32.2. The van der Waals surface area contributed by atoms with E-state index in [0.717, 1.165) is 0 Å². The van der Waals surface area contributed by atoms with Gasteiger partial charge in [-0.25, -0.2) is 9.71 Å². The number of para-hydroxylation sites is 1. The number of hydrogen-bond acceptors (Lipinski definition) is 5. The number of hydrogen-bond donors (Lipinski definition) is 1. The maximum Gasteiger partial charge on any atom is 0.283 e. The van der Waals surface area contributed by atoms with Crippen molar-refractivity contribution in [2.45, 2.75) is 36.8 Å². The Morgan fingerprint density at radius 1 is 1.38 bits per heavy atom. The minimum absolute atomic E-state index is 0.182. The zero-order valence-electron chi connectivity index (χ0n) is 13.7. The number of fused-ring (bicyclic) bond motifs is 1. The van der Waals surface area contributed by atoms with E-state index in [-0.39, 0.29) is 5.03 Å². The number of nitrogens with one attached hydrogen (secondary N) is 1. The summed E-state index contributed by atoms with van der Waals surface area (Å²) in [5.41, 5.74) is 0.121. The number of sulfonamides is 1. The number of aryl methyl sites for hydroxylation is 1. The maximum atomic E-state index is 12.7. The molecule has 0 bridgehead atoms. The highest BCUT2D eigenvalue weighted by Gasteiger charge is 2.38. The molecule has 7 nitrogen and oxygen atoms in total. The van der Waals surface area contributed by atoms with Gasteiger partial charge in [-0.15, -0.1) is 0 Å². The quantitative estimate of drug-likeness (QED) is 0.908. The molecule has 1 aliphatic heterocycles. The Bertz CT molecular complexity index is 886. The van der Waals surface area contributed by atoms with Gasteiger partial charge in [0.2, 0.25) is 5.91 Å². The first-order chi connectivity index (χ1) is 11.2. The average Bonchev–Trinajstić information content (AvgIpc) is 2.92. The minimum atomic E-state index is -4.00. The van der Waals surface area contributed by atoms with Crippen molar-refractivity contribution in [3.05, 3.63) is 42.4 Å². The van der Waals surface area contributed by atoms with Crippen LogP contribution < -0.4 is 9.46 Å².